The van der Waals surface area contributed by atoms with Crippen molar-refractivity contribution in [2.24, 2.45) is 0 Å². The van der Waals surface area contributed by atoms with Crippen molar-refractivity contribution < 1.29 is 9.59 Å². The zero-order chi connectivity index (χ0) is 17.9. The Morgan fingerprint density at radius 2 is 1.65 bits per heavy atom. The molecule has 0 aliphatic carbocycles. The van der Waals surface area contributed by atoms with E-state index in [4.69, 9.17) is 0 Å². The van der Waals surface area contributed by atoms with E-state index >= 15 is 0 Å². The summed E-state index contributed by atoms with van der Waals surface area (Å²) in [4.78, 5) is 31.2. The van der Waals surface area contributed by atoms with Crippen LogP contribution in [0.4, 0.5) is 11.4 Å². The summed E-state index contributed by atoms with van der Waals surface area (Å²) >= 11 is 0. The van der Waals surface area contributed by atoms with Gasteiger partial charge in [-0.05, 0) is 36.2 Å². The molecule has 2 amide bonds. The number of fused-ring (bicyclic) bond motifs is 1. The summed E-state index contributed by atoms with van der Waals surface area (Å²) in [5, 5.41) is 2.81. The third-order valence-electron chi connectivity index (χ3n) is 4.41. The van der Waals surface area contributed by atoms with Crippen LogP contribution in [0.15, 0.2) is 73.1 Å². The maximum absolute atomic E-state index is 12.9. The molecule has 1 aliphatic rings. The molecule has 2 heterocycles. The molecule has 2 aromatic carbocycles. The lowest BCUT2D eigenvalue weighted by molar-refractivity contribution is 0.0989. The van der Waals surface area contributed by atoms with Gasteiger partial charge in [-0.25, -0.2) is 0 Å². The number of hydrogen-bond acceptors (Lipinski definition) is 3. The Kier molecular flexibility index (Phi) is 4.19. The highest BCUT2D eigenvalue weighted by Crippen LogP contribution is 2.28. The quantitative estimate of drug-likeness (QED) is 0.791. The molecular formula is C21H17N3O2. The molecule has 5 nitrogen and oxygen atoms in total. The Balaban J connectivity index is 1.56. The molecular weight excluding hydrogens is 326 g/mol. The number of carbonyl (C=O) groups is 2. The molecule has 1 aliphatic heterocycles. The van der Waals surface area contributed by atoms with Crippen molar-refractivity contribution in [3.05, 3.63) is 89.7 Å². The summed E-state index contributed by atoms with van der Waals surface area (Å²) in [6.07, 6.45) is 3.80. The number of amides is 2. The summed E-state index contributed by atoms with van der Waals surface area (Å²) in [7, 11) is 0. The van der Waals surface area contributed by atoms with Gasteiger partial charge in [0, 0.05) is 30.3 Å². The van der Waals surface area contributed by atoms with Gasteiger partial charge < -0.3 is 10.2 Å². The Labute approximate surface area is 151 Å². The highest BCUT2D eigenvalue weighted by Gasteiger charge is 2.25. The molecule has 0 spiro atoms. The van der Waals surface area contributed by atoms with Gasteiger partial charge in [-0.1, -0.05) is 36.4 Å². The standard InChI is InChI=1S/C21H17N3O2/c25-20(23-18-7-2-1-3-8-18)16-12-17(14-22-13-16)21(26)24-11-10-15-6-4-5-9-19(15)24/h1-9,12-14H,10-11H2,(H,23,25). The highest BCUT2D eigenvalue weighted by molar-refractivity contribution is 6.10. The molecule has 0 bridgehead atoms. The third kappa shape index (κ3) is 3.07. The monoisotopic (exact) mass is 343 g/mol. The molecule has 3 aromatic rings. The summed E-state index contributed by atoms with van der Waals surface area (Å²) in [5.74, 6) is -0.433. The van der Waals surface area contributed by atoms with E-state index in [-0.39, 0.29) is 11.8 Å². The normalized spacial score (nSPS) is 12.5. The van der Waals surface area contributed by atoms with Crippen LogP contribution >= 0.6 is 0 Å². The molecule has 26 heavy (non-hydrogen) atoms. The lowest BCUT2D eigenvalue weighted by atomic mass is 10.1. The SMILES string of the molecule is O=C(Nc1ccccc1)c1cncc(C(=O)N2CCc3ccccc32)c1. The van der Waals surface area contributed by atoms with E-state index in [1.54, 1.807) is 11.0 Å². The number of benzene rings is 2. The predicted molar refractivity (Wildman–Crippen MR) is 100 cm³/mol. The molecule has 0 atom stereocenters. The Hall–Kier alpha value is -3.47. The van der Waals surface area contributed by atoms with Crippen LogP contribution in [0.5, 0.6) is 0 Å². The molecule has 0 unspecified atom stereocenters. The predicted octanol–water partition coefficient (Wildman–Crippen LogP) is 3.54. The summed E-state index contributed by atoms with van der Waals surface area (Å²) in [6.45, 7) is 0.638. The molecule has 1 aromatic heterocycles. The maximum atomic E-state index is 12.9. The van der Waals surface area contributed by atoms with Gasteiger partial charge in [0.25, 0.3) is 11.8 Å². The molecule has 0 saturated heterocycles. The smallest absolute Gasteiger partial charge is 0.259 e. The number of anilines is 2. The van der Waals surface area contributed by atoms with E-state index in [1.165, 1.54) is 12.4 Å². The highest BCUT2D eigenvalue weighted by atomic mass is 16.2. The Bertz CT molecular complexity index is 970. The molecule has 128 valence electrons. The van der Waals surface area contributed by atoms with Gasteiger partial charge in [0.1, 0.15) is 0 Å². The van der Waals surface area contributed by atoms with Crippen molar-refractivity contribution in [2.45, 2.75) is 6.42 Å². The van der Waals surface area contributed by atoms with Crippen molar-refractivity contribution in [3.8, 4) is 0 Å². The average molecular weight is 343 g/mol. The van der Waals surface area contributed by atoms with Crippen LogP contribution in [0.25, 0.3) is 0 Å². The van der Waals surface area contributed by atoms with E-state index in [2.05, 4.69) is 10.3 Å². The third-order valence-corrected chi connectivity index (χ3v) is 4.41. The minimum atomic E-state index is -0.292. The zero-order valence-corrected chi connectivity index (χ0v) is 14.1. The minimum Gasteiger partial charge on any atom is -0.322 e. The largest absolute Gasteiger partial charge is 0.322 e. The number of nitrogens with zero attached hydrogens (tertiary/aromatic N) is 2. The van der Waals surface area contributed by atoms with Gasteiger partial charge in [-0.3, -0.25) is 14.6 Å². The van der Waals surface area contributed by atoms with E-state index in [0.29, 0.717) is 23.4 Å². The van der Waals surface area contributed by atoms with Gasteiger partial charge in [0.15, 0.2) is 0 Å². The minimum absolute atomic E-state index is 0.142. The molecule has 4 rings (SSSR count). The van der Waals surface area contributed by atoms with Crippen molar-refractivity contribution in [3.63, 3.8) is 0 Å². The van der Waals surface area contributed by atoms with Crippen LogP contribution in [-0.4, -0.2) is 23.3 Å². The van der Waals surface area contributed by atoms with E-state index in [1.807, 2.05) is 54.6 Å². The first-order chi connectivity index (χ1) is 12.7. The lowest BCUT2D eigenvalue weighted by Gasteiger charge is -2.17. The number of hydrogen-bond donors (Lipinski definition) is 1. The first-order valence-electron chi connectivity index (χ1n) is 8.43. The van der Waals surface area contributed by atoms with Crippen LogP contribution < -0.4 is 10.2 Å². The van der Waals surface area contributed by atoms with Crippen LogP contribution in [0.2, 0.25) is 0 Å². The second-order valence-electron chi connectivity index (χ2n) is 6.12. The fourth-order valence-corrected chi connectivity index (χ4v) is 3.11. The van der Waals surface area contributed by atoms with E-state index in [0.717, 1.165) is 17.7 Å². The number of aromatic nitrogens is 1. The summed E-state index contributed by atoms with van der Waals surface area (Å²) < 4.78 is 0. The van der Waals surface area contributed by atoms with Crippen molar-refractivity contribution in [2.75, 3.05) is 16.8 Å². The van der Waals surface area contributed by atoms with Crippen LogP contribution in [0.1, 0.15) is 26.3 Å². The first-order valence-corrected chi connectivity index (χ1v) is 8.43. The summed E-state index contributed by atoms with van der Waals surface area (Å²) in [5.41, 5.74) is 3.54. The molecule has 0 saturated carbocycles. The topological polar surface area (TPSA) is 62.3 Å². The first kappa shape index (κ1) is 16.0. The van der Waals surface area contributed by atoms with E-state index in [9.17, 15) is 9.59 Å². The van der Waals surface area contributed by atoms with Crippen LogP contribution in [0.3, 0.4) is 0 Å². The molecule has 1 N–H and O–H groups in total. The van der Waals surface area contributed by atoms with Crippen molar-refractivity contribution in [1.82, 2.24) is 4.98 Å². The maximum Gasteiger partial charge on any atom is 0.259 e. The number of nitrogens with one attached hydrogen (secondary N) is 1. The molecule has 5 heteroatoms. The van der Waals surface area contributed by atoms with Gasteiger partial charge in [0.2, 0.25) is 0 Å². The summed E-state index contributed by atoms with van der Waals surface area (Å²) in [6, 6.07) is 18.7. The van der Waals surface area contributed by atoms with Gasteiger partial charge in [0.05, 0.1) is 11.1 Å². The Morgan fingerprint density at radius 3 is 2.50 bits per heavy atom. The Morgan fingerprint density at radius 1 is 0.923 bits per heavy atom. The van der Waals surface area contributed by atoms with Gasteiger partial charge in [-0.2, -0.15) is 0 Å². The van der Waals surface area contributed by atoms with Crippen molar-refractivity contribution >= 4 is 23.2 Å². The second kappa shape index (κ2) is 6.80. The molecule has 0 fully saturated rings. The molecule has 0 radical (unpaired) electrons. The number of carbonyl (C=O) groups excluding carboxylic acids is 2. The number of pyridine rings is 1. The van der Waals surface area contributed by atoms with Gasteiger partial charge >= 0.3 is 0 Å². The van der Waals surface area contributed by atoms with E-state index < -0.39 is 0 Å². The zero-order valence-electron chi connectivity index (χ0n) is 14.1. The second-order valence-corrected chi connectivity index (χ2v) is 6.12. The van der Waals surface area contributed by atoms with Crippen LogP contribution in [-0.2, 0) is 6.42 Å². The van der Waals surface area contributed by atoms with Crippen LogP contribution in [0, 0.1) is 0 Å². The fourth-order valence-electron chi connectivity index (χ4n) is 3.11. The lowest BCUT2D eigenvalue weighted by Crippen LogP contribution is -2.29. The van der Waals surface area contributed by atoms with Crippen molar-refractivity contribution in [1.29, 1.82) is 0 Å². The number of para-hydroxylation sites is 2. The fraction of sp³-hybridized carbons (Fsp3) is 0.0952. The van der Waals surface area contributed by atoms with Gasteiger partial charge in [-0.15, -0.1) is 0 Å². The average Bonchev–Trinajstić information content (AvgIpc) is 3.12. The number of rotatable bonds is 3.